The molecule has 0 saturated heterocycles. The summed E-state index contributed by atoms with van der Waals surface area (Å²) in [6.07, 6.45) is 3.83. The summed E-state index contributed by atoms with van der Waals surface area (Å²) >= 11 is 0. The second kappa shape index (κ2) is 8.07. The van der Waals surface area contributed by atoms with Gasteiger partial charge in [-0.1, -0.05) is 73.0 Å². The van der Waals surface area contributed by atoms with Crippen molar-refractivity contribution in [2.45, 2.75) is 43.8 Å². The third kappa shape index (κ3) is 4.55. The molecular weight excluding hydrogens is 344 g/mol. The Bertz CT molecular complexity index is 836. The molecule has 4 heteroatoms. The van der Waals surface area contributed by atoms with Gasteiger partial charge in [-0.05, 0) is 36.8 Å². The van der Waals surface area contributed by atoms with Gasteiger partial charge in [0.2, 0.25) is 0 Å². The second-order valence-corrected chi connectivity index (χ2v) is 8.63. The molecule has 136 valence electrons. The number of benzene rings is 2. The summed E-state index contributed by atoms with van der Waals surface area (Å²) in [5.74, 6) is 6.49. The van der Waals surface area contributed by atoms with E-state index in [1.54, 1.807) is 0 Å². The Labute approximate surface area is 156 Å². The lowest BCUT2D eigenvalue weighted by molar-refractivity contribution is 0.321. The lowest BCUT2D eigenvalue weighted by atomic mass is 9.72. The molecule has 0 spiro atoms. The topological polar surface area (TPSA) is 54.4 Å². The maximum absolute atomic E-state index is 12.3. The smallest absolute Gasteiger partial charge is 0.269 e. The van der Waals surface area contributed by atoms with Crippen molar-refractivity contribution in [3.63, 3.8) is 0 Å². The van der Waals surface area contributed by atoms with Gasteiger partial charge in [-0.15, -0.1) is 5.92 Å². The van der Waals surface area contributed by atoms with E-state index >= 15 is 0 Å². The fraction of sp³-hybridized carbons (Fsp3) is 0.364. The molecule has 0 aliphatic heterocycles. The molecule has 1 aliphatic rings. The predicted molar refractivity (Wildman–Crippen MR) is 104 cm³/mol. The summed E-state index contributed by atoms with van der Waals surface area (Å²) < 4.78 is 34.7. The van der Waals surface area contributed by atoms with Crippen LogP contribution in [-0.2, 0) is 23.0 Å². The molecule has 1 N–H and O–H groups in total. The molecule has 0 aromatic heterocycles. The molecule has 1 atom stereocenters. The number of hydrogen-bond donors (Lipinski definition) is 1. The van der Waals surface area contributed by atoms with Gasteiger partial charge in [-0.25, -0.2) is 0 Å². The molecule has 3 nitrogen and oxygen atoms in total. The highest BCUT2D eigenvalue weighted by atomic mass is 32.2. The van der Waals surface area contributed by atoms with Gasteiger partial charge < -0.3 is 0 Å². The van der Waals surface area contributed by atoms with Crippen molar-refractivity contribution in [2.75, 3.05) is 0 Å². The van der Waals surface area contributed by atoms with Gasteiger partial charge in [0.1, 0.15) is 5.25 Å². The molecule has 0 saturated carbocycles. The van der Waals surface area contributed by atoms with Gasteiger partial charge in [0.15, 0.2) is 0 Å². The van der Waals surface area contributed by atoms with E-state index in [-0.39, 0.29) is 0 Å². The average molecular weight is 368 g/mol. The first-order chi connectivity index (χ1) is 12.5. The van der Waals surface area contributed by atoms with E-state index in [4.69, 9.17) is 0 Å². The Morgan fingerprint density at radius 2 is 1.46 bits per heavy atom. The molecule has 26 heavy (non-hydrogen) atoms. The van der Waals surface area contributed by atoms with Crippen molar-refractivity contribution in [1.29, 1.82) is 0 Å². The van der Waals surface area contributed by atoms with Gasteiger partial charge >= 0.3 is 0 Å². The summed E-state index contributed by atoms with van der Waals surface area (Å²) in [4.78, 5) is 0. The van der Waals surface area contributed by atoms with E-state index in [9.17, 15) is 13.0 Å². The molecule has 2 aromatic carbocycles. The van der Waals surface area contributed by atoms with E-state index in [0.29, 0.717) is 19.3 Å². The molecule has 3 rings (SSSR count). The third-order valence-corrected chi connectivity index (χ3v) is 6.46. The first-order valence-electron chi connectivity index (χ1n) is 9.04. The Hall–Kier alpha value is -2.09. The zero-order valence-electron chi connectivity index (χ0n) is 14.8. The van der Waals surface area contributed by atoms with Crippen molar-refractivity contribution in [3.8, 4) is 11.8 Å². The van der Waals surface area contributed by atoms with Crippen molar-refractivity contribution in [3.05, 3.63) is 71.8 Å². The number of hydrogen-bond acceptors (Lipinski definition) is 2. The largest absolute Gasteiger partial charge is 0.285 e. The molecule has 0 heterocycles. The first-order valence-corrected chi connectivity index (χ1v) is 10.5. The van der Waals surface area contributed by atoms with Crippen LogP contribution < -0.4 is 0 Å². The molecule has 0 radical (unpaired) electrons. The highest BCUT2D eigenvalue weighted by molar-refractivity contribution is 7.86. The van der Waals surface area contributed by atoms with Crippen LogP contribution in [0, 0.1) is 17.3 Å². The molecule has 0 amide bonds. The molecule has 1 unspecified atom stereocenters. The van der Waals surface area contributed by atoms with Crippen LogP contribution in [0.3, 0.4) is 0 Å². The van der Waals surface area contributed by atoms with Gasteiger partial charge in [0.25, 0.3) is 10.1 Å². The molecule has 0 bridgehead atoms. The minimum atomic E-state index is -4.22. The van der Waals surface area contributed by atoms with Crippen LogP contribution in [0.4, 0.5) is 0 Å². The summed E-state index contributed by atoms with van der Waals surface area (Å²) in [6, 6.07) is 19.7. The monoisotopic (exact) mass is 368 g/mol. The van der Waals surface area contributed by atoms with Crippen molar-refractivity contribution < 1.29 is 13.0 Å². The van der Waals surface area contributed by atoms with Crippen LogP contribution >= 0.6 is 0 Å². The Morgan fingerprint density at radius 1 is 0.923 bits per heavy atom. The average Bonchev–Trinajstić information content (AvgIpc) is 2.59. The van der Waals surface area contributed by atoms with E-state index in [0.717, 1.165) is 30.4 Å². The zero-order valence-corrected chi connectivity index (χ0v) is 15.6. The summed E-state index contributed by atoms with van der Waals surface area (Å²) in [6.45, 7) is 0. The predicted octanol–water partition coefficient (Wildman–Crippen LogP) is 4.29. The van der Waals surface area contributed by atoms with Crippen molar-refractivity contribution in [2.24, 2.45) is 5.41 Å². The summed E-state index contributed by atoms with van der Waals surface area (Å²) in [5.41, 5.74) is 1.23. The van der Waals surface area contributed by atoms with E-state index in [1.165, 1.54) is 0 Å². The first kappa shape index (κ1) is 18.7. The van der Waals surface area contributed by atoms with Gasteiger partial charge in [-0.3, -0.25) is 4.55 Å². The second-order valence-electron chi connectivity index (χ2n) is 7.03. The highest BCUT2D eigenvalue weighted by Crippen LogP contribution is 2.38. The van der Waals surface area contributed by atoms with Gasteiger partial charge in [-0.2, -0.15) is 8.42 Å². The normalized spacial score (nSPS) is 19.7. The summed E-state index contributed by atoms with van der Waals surface area (Å²) in [5, 5.41) is -0.886. The zero-order chi connectivity index (χ0) is 18.5. The van der Waals surface area contributed by atoms with E-state index in [1.807, 2.05) is 60.7 Å². The molecular formula is C22H24O3S. The quantitative estimate of drug-likeness (QED) is 0.633. The van der Waals surface area contributed by atoms with Crippen molar-refractivity contribution >= 4 is 10.1 Å². The SMILES string of the molecule is O=S(=O)(O)C1CCCCC#CC1(Cc1ccccc1)Cc1ccccc1. The Kier molecular flexibility index (Phi) is 5.80. The van der Waals surface area contributed by atoms with Crippen LogP contribution in [0.1, 0.15) is 36.8 Å². The lowest BCUT2D eigenvalue weighted by Crippen LogP contribution is -2.43. The van der Waals surface area contributed by atoms with Crippen LogP contribution in [-0.4, -0.2) is 18.2 Å². The van der Waals surface area contributed by atoms with Crippen LogP contribution in [0.15, 0.2) is 60.7 Å². The minimum absolute atomic E-state index is 0.438. The van der Waals surface area contributed by atoms with E-state index < -0.39 is 20.8 Å². The lowest BCUT2D eigenvalue weighted by Gasteiger charge is -2.36. The van der Waals surface area contributed by atoms with Crippen LogP contribution in [0.2, 0.25) is 0 Å². The van der Waals surface area contributed by atoms with Crippen LogP contribution in [0.5, 0.6) is 0 Å². The van der Waals surface area contributed by atoms with Crippen molar-refractivity contribution in [1.82, 2.24) is 0 Å². The van der Waals surface area contributed by atoms with E-state index in [2.05, 4.69) is 11.8 Å². The summed E-state index contributed by atoms with van der Waals surface area (Å²) in [7, 11) is -4.22. The molecule has 1 aliphatic carbocycles. The molecule has 2 aromatic rings. The highest BCUT2D eigenvalue weighted by Gasteiger charge is 2.45. The minimum Gasteiger partial charge on any atom is -0.285 e. The standard InChI is InChI=1S/C22H24O3S/c23-26(24,25)21-15-9-1-2-10-16-22(21,17-19-11-5-3-6-12-19)18-20-13-7-4-8-14-20/h3-8,11-14,21H,1-2,9,15,17-18H2,(H,23,24,25). The Balaban J connectivity index is 2.11. The maximum atomic E-state index is 12.3. The van der Waals surface area contributed by atoms with Gasteiger partial charge in [0.05, 0.1) is 5.41 Å². The molecule has 0 fully saturated rings. The third-order valence-electron chi connectivity index (χ3n) is 5.06. The van der Waals surface area contributed by atoms with Crippen LogP contribution in [0.25, 0.3) is 0 Å². The fourth-order valence-electron chi connectivity index (χ4n) is 3.87. The fourth-order valence-corrected chi connectivity index (χ4v) is 5.13. The Morgan fingerprint density at radius 3 is 1.96 bits per heavy atom. The maximum Gasteiger partial charge on any atom is 0.269 e. The van der Waals surface area contributed by atoms with Gasteiger partial charge in [0, 0.05) is 6.42 Å². The number of rotatable bonds is 5.